The highest BCUT2D eigenvalue weighted by atomic mass is 16.4. The maximum Gasteiger partial charge on any atom is 0.303 e. The Hall–Kier alpha value is -1.95. The van der Waals surface area contributed by atoms with Gasteiger partial charge in [-0.05, 0) is 25.0 Å². The minimum absolute atomic E-state index is 0.207. The lowest BCUT2D eigenvalue weighted by atomic mass is 10.2. The molecule has 0 fully saturated rings. The van der Waals surface area contributed by atoms with E-state index in [2.05, 4.69) is 10.8 Å². The average molecular weight is 245 g/mol. The number of hydrogen-bond acceptors (Lipinski definition) is 2. The molecule has 0 unspecified atom stereocenters. The van der Waals surface area contributed by atoms with E-state index in [4.69, 9.17) is 11.5 Å². The van der Waals surface area contributed by atoms with Crippen LogP contribution < -0.4 is 4.90 Å². The highest BCUT2D eigenvalue weighted by Gasteiger charge is 2.06. The van der Waals surface area contributed by atoms with E-state index in [9.17, 15) is 4.79 Å². The Kier molecular flexibility index (Phi) is 6.42. The summed E-state index contributed by atoms with van der Waals surface area (Å²) in [6.45, 7) is 1.62. The van der Waals surface area contributed by atoms with Crippen molar-refractivity contribution >= 4 is 11.7 Å². The van der Waals surface area contributed by atoms with Gasteiger partial charge in [0, 0.05) is 31.6 Å². The van der Waals surface area contributed by atoms with Gasteiger partial charge in [0.25, 0.3) is 0 Å². The van der Waals surface area contributed by atoms with Crippen molar-refractivity contribution in [1.82, 2.24) is 0 Å². The molecular weight excluding hydrogens is 226 g/mol. The van der Waals surface area contributed by atoms with Crippen molar-refractivity contribution in [3.63, 3.8) is 0 Å². The summed E-state index contributed by atoms with van der Waals surface area (Å²) < 4.78 is 0. The number of terminal acetylenes is 1. The Morgan fingerprint density at radius 2 is 1.89 bits per heavy atom. The molecule has 0 aliphatic heterocycles. The number of para-hydroxylation sites is 1. The second-order valence-corrected chi connectivity index (χ2v) is 4.13. The summed E-state index contributed by atoms with van der Waals surface area (Å²) in [5.74, 6) is 1.88. The first kappa shape index (κ1) is 14.1. The Bertz CT molecular complexity index is 395. The molecule has 0 aliphatic carbocycles. The fourth-order valence-corrected chi connectivity index (χ4v) is 1.80. The summed E-state index contributed by atoms with van der Waals surface area (Å²) in [6.07, 6.45) is 7.79. The highest BCUT2D eigenvalue weighted by Crippen LogP contribution is 2.14. The predicted molar refractivity (Wildman–Crippen MR) is 73.6 cm³/mol. The maximum atomic E-state index is 10.5. The smallest absolute Gasteiger partial charge is 0.303 e. The van der Waals surface area contributed by atoms with E-state index in [1.165, 1.54) is 0 Å². The third-order valence-corrected chi connectivity index (χ3v) is 2.69. The number of carboxylic acids is 1. The first-order chi connectivity index (χ1) is 8.74. The van der Waals surface area contributed by atoms with Crippen LogP contribution in [0.5, 0.6) is 0 Å². The molecule has 0 spiro atoms. The molecule has 1 aromatic carbocycles. The van der Waals surface area contributed by atoms with E-state index in [1.807, 2.05) is 30.3 Å². The third-order valence-electron chi connectivity index (χ3n) is 2.69. The molecule has 0 atom stereocenters. The lowest BCUT2D eigenvalue weighted by Gasteiger charge is -2.24. The molecule has 3 heteroatoms. The molecule has 96 valence electrons. The summed E-state index contributed by atoms with van der Waals surface area (Å²) in [7, 11) is 0. The number of carboxylic acid groups (broad SMARTS) is 1. The Balaban J connectivity index is 2.52. The summed E-state index contributed by atoms with van der Waals surface area (Å²) in [5, 5.41) is 8.67. The molecule has 18 heavy (non-hydrogen) atoms. The van der Waals surface area contributed by atoms with E-state index < -0.39 is 5.97 Å². The SMILES string of the molecule is C#CCCCN(CCCC(=O)O)c1ccccc1. The number of rotatable bonds is 8. The van der Waals surface area contributed by atoms with Crippen LogP contribution in [0.15, 0.2) is 30.3 Å². The van der Waals surface area contributed by atoms with Crippen LogP contribution in [0, 0.1) is 12.3 Å². The van der Waals surface area contributed by atoms with E-state index >= 15 is 0 Å². The molecule has 1 N–H and O–H groups in total. The molecule has 0 heterocycles. The van der Waals surface area contributed by atoms with Gasteiger partial charge in [0.2, 0.25) is 0 Å². The summed E-state index contributed by atoms with van der Waals surface area (Å²) in [4.78, 5) is 12.7. The normalized spacial score (nSPS) is 9.72. The van der Waals surface area contributed by atoms with E-state index in [0.717, 1.165) is 31.6 Å². The number of carbonyl (C=O) groups is 1. The molecule has 0 bridgehead atoms. The highest BCUT2D eigenvalue weighted by molar-refractivity contribution is 5.66. The zero-order valence-corrected chi connectivity index (χ0v) is 10.5. The van der Waals surface area contributed by atoms with Crippen molar-refractivity contribution in [2.45, 2.75) is 25.7 Å². The molecular formula is C15H19NO2. The van der Waals surface area contributed by atoms with Crippen LogP contribution in [0.3, 0.4) is 0 Å². The number of anilines is 1. The fraction of sp³-hybridized carbons (Fsp3) is 0.400. The zero-order chi connectivity index (χ0) is 13.2. The number of nitrogens with zero attached hydrogens (tertiary/aromatic N) is 1. The van der Waals surface area contributed by atoms with Gasteiger partial charge in [0.05, 0.1) is 0 Å². The van der Waals surface area contributed by atoms with Crippen molar-refractivity contribution in [1.29, 1.82) is 0 Å². The minimum Gasteiger partial charge on any atom is -0.481 e. The Labute approximate surface area is 108 Å². The monoisotopic (exact) mass is 245 g/mol. The third kappa shape index (κ3) is 5.40. The molecule has 0 radical (unpaired) electrons. The quantitative estimate of drug-likeness (QED) is 0.565. The lowest BCUT2D eigenvalue weighted by Crippen LogP contribution is -2.26. The number of benzene rings is 1. The van der Waals surface area contributed by atoms with Crippen LogP contribution in [-0.2, 0) is 4.79 Å². The van der Waals surface area contributed by atoms with E-state index in [1.54, 1.807) is 0 Å². The average Bonchev–Trinajstić information content (AvgIpc) is 2.38. The summed E-state index contributed by atoms with van der Waals surface area (Å²) in [6, 6.07) is 10.0. The van der Waals surface area contributed by atoms with Crippen molar-refractivity contribution in [2.75, 3.05) is 18.0 Å². The van der Waals surface area contributed by atoms with Crippen LogP contribution >= 0.6 is 0 Å². The van der Waals surface area contributed by atoms with E-state index in [-0.39, 0.29) is 6.42 Å². The fourth-order valence-electron chi connectivity index (χ4n) is 1.80. The van der Waals surface area contributed by atoms with Gasteiger partial charge in [-0.3, -0.25) is 4.79 Å². The maximum absolute atomic E-state index is 10.5. The van der Waals surface area contributed by atoms with Crippen molar-refractivity contribution in [2.24, 2.45) is 0 Å². The van der Waals surface area contributed by atoms with Gasteiger partial charge in [-0.15, -0.1) is 12.3 Å². The molecule has 0 aromatic heterocycles. The minimum atomic E-state index is -0.744. The Morgan fingerprint density at radius 1 is 1.22 bits per heavy atom. The first-order valence-corrected chi connectivity index (χ1v) is 6.19. The van der Waals surface area contributed by atoms with Crippen molar-refractivity contribution < 1.29 is 9.90 Å². The van der Waals surface area contributed by atoms with Crippen molar-refractivity contribution in [3.8, 4) is 12.3 Å². The van der Waals surface area contributed by atoms with Crippen molar-refractivity contribution in [3.05, 3.63) is 30.3 Å². The first-order valence-electron chi connectivity index (χ1n) is 6.19. The molecule has 3 nitrogen and oxygen atoms in total. The van der Waals surface area contributed by atoms with Crippen LogP contribution in [0.2, 0.25) is 0 Å². The van der Waals surface area contributed by atoms with Crippen LogP contribution in [0.25, 0.3) is 0 Å². The second-order valence-electron chi connectivity index (χ2n) is 4.13. The van der Waals surface area contributed by atoms with Crippen LogP contribution in [-0.4, -0.2) is 24.2 Å². The molecule has 0 saturated heterocycles. The second kappa shape index (κ2) is 8.19. The van der Waals surface area contributed by atoms with Gasteiger partial charge >= 0.3 is 5.97 Å². The zero-order valence-electron chi connectivity index (χ0n) is 10.5. The molecule has 1 rings (SSSR count). The number of aliphatic carboxylic acids is 1. The van der Waals surface area contributed by atoms with E-state index in [0.29, 0.717) is 6.42 Å². The van der Waals surface area contributed by atoms with Gasteiger partial charge in [-0.25, -0.2) is 0 Å². The standard InChI is InChI=1S/C15H19NO2/c1-2-3-7-12-16(13-8-11-15(17)18)14-9-5-4-6-10-14/h1,4-6,9-10H,3,7-8,11-13H2,(H,17,18). The Morgan fingerprint density at radius 3 is 2.50 bits per heavy atom. The van der Waals surface area contributed by atoms with Crippen LogP contribution in [0.1, 0.15) is 25.7 Å². The van der Waals surface area contributed by atoms with Gasteiger partial charge in [0.15, 0.2) is 0 Å². The van der Waals surface area contributed by atoms with Gasteiger partial charge in [-0.1, -0.05) is 18.2 Å². The topological polar surface area (TPSA) is 40.5 Å². The number of unbranched alkanes of at least 4 members (excludes halogenated alkanes) is 1. The van der Waals surface area contributed by atoms with Gasteiger partial charge in [0.1, 0.15) is 0 Å². The van der Waals surface area contributed by atoms with Gasteiger partial charge < -0.3 is 10.0 Å². The van der Waals surface area contributed by atoms with Crippen LogP contribution in [0.4, 0.5) is 5.69 Å². The largest absolute Gasteiger partial charge is 0.481 e. The summed E-state index contributed by atoms with van der Waals surface area (Å²) >= 11 is 0. The molecule has 0 aliphatic rings. The molecule has 1 aromatic rings. The summed E-state index contributed by atoms with van der Waals surface area (Å²) in [5.41, 5.74) is 1.12. The predicted octanol–water partition coefficient (Wildman–Crippen LogP) is 2.77. The lowest BCUT2D eigenvalue weighted by molar-refractivity contribution is -0.137. The number of hydrogen-bond donors (Lipinski definition) is 1. The van der Waals surface area contributed by atoms with Gasteiger partial charge in [-0.2, -0.15) is 0 Å². The molecule has 0 saturated carbocycles. The molecule has 0 amide bonds.